The minimum absolute atomic E-state index is 0.0366. The lowest BCUT2D eigenvalue weighted by atomic mass is 10.1. The third-order valence-corrected chi connectivity index (χ3v) is 5.37. The summed E-state index contributed by atoms with van der Waals surface area (Å²) in [5.41, 5.74) is 4.14. The van der Waals surface area contributed by atoms with Crippen molar-refractivity contribution in [3.05, 3.63) is 77.1 Å². The Morgan fingerprint density at radius 3 is 2.18 bits per heavy atom. The van der Waals surface area contributed by atoms with Crippen LogP contribution >= 0.6 is 0 Å². The maximum absolute atomic E-state index is 12.5. The number of nitrogens with one attached hydrogen (secondary N) is 1. The molecule has 0 aliphatic heterocycles. The number of rotatable bonds is 5. The van der Waals surface area contributed by atoms with Crippen molar-refractivity contribution in [1.29, 1.82) is 0 Å². The van der Waals surface area contributed by atoms with Gasteiger partial charge in [-0.05, 0) is 68.8 Å². The molecule has 3 rings (SSSR count). The summed E-state index contributed by atoms with van der Waals surface area (Å²) in [5, 5.41) is 12.4. The monoisotopic (exact) mass is 398 g/mol. The van der Waals surface area contributed by atoms with Crippen molar-refractivity contribution in [2.75, 3.05) is 0 Å². The van der Waals surface area contributed by atoms with Gasteiger partial charge in [-0.3, -0.25) is 4.79 Å². The van der Waals surface area contributed by atoms with E-state index in [0.717, 1.165) is 22.6 Å². The minimum atomic E-state index is -3.73. The van der Waals surface area contributed by atoms with Gasteiger partial charge in [0, 0.05) is 11.3 Å². The number of nitrogens with two attached hydrogens (primary N) is 1. The first-order valence-electron chi connectivity index (χ1n) is 8.72. The van der Waals surface area contributed by atoms with Crippen LogP contribution in [0.3, 0.4) is 0 Å². The topological polar surface area (TPSA) is 107 Å². The molecule has 0 saturated carbocycles. The molecule has 28 heavy (non-hydrogen) atoms. The van der Waals surface area contributed by atoms with Crippen LogP contribution in [0.1, 0.15) is 40.3 Å². The Balaban J connectivity index is 1.71. The molecule has 0 aliphatic carbocycles. The zero-order chi connectivity index (χ0) is 20.5. The molecular weight excluding hydrogens is 376 g/mol. The quantitative estimate of drug-likeness (QED) is 0.689. The molecule has 3 aromatic rings. The van der Waals surface area contributed by atoms with E-state index in [1.54, 1.807) is 24.3 Å². The Labute approximate surface area is 164 Å². The molecule has 0 radical (unpaired) electrons. The van der Waals surface area contributed by atoms with Crippen LogP contribution in [0.2, 0.25) is 0 Å². The van der Waals surface area contributed by atoms with Gasteiger partial charge in [-0.25, -0.2) is 18.2 Å². The summed E-state index contributed by atoms with van der Waals surface area (Å²) in [7, 11) is -3.73. The SMILES string of the molecule is Cc1cc(C)n(-c2ccc(C(=O)N[C@H](C)c3ccc(S(N)(=O)=O)cc3)cc2)n1. The second-order valence-corrected chi connectivity index (χ2v) is 8.26. The lowest BCUT2D eigenvalue weighted by Gasteiger charge is -2.15. The summed E-state index contributed by atoms with van der Waals surface area (Å²) in [6.45, 7) is 5.74. The Hall–Kier alpha value is -2.97. The highest BCUT2D eigenvalue weighted by atomic mass is 32.2. The third-order valence-electron chi connectivity index (χ3n) is 4.44. The average molecular weight is 398 g/mol. The molecule has 0 bridgehead atoms. The molecule has 0 aliphatic rings. The van der Waals surface area contributed by atoms with Crippen molar-refractivity contribution < 1.29 is 13.2 Å². The number of amides is 1. The lowest BCUT2D eigenvalue weighted by molar-refractivity contribution is 0.0940. The van der Waals surface area contributed by atoms with E-state index in [-0.39, 0.29) is 16.8 Å². The number of benzene rings is 2. The Morgan fingerprint density at radius 1 is 1.07 bits per heavy atom. The summed E-state index contributed by atoms with van der Waals surface area (Å²) in [4.78, 5) is 12.6. The molecule has 3 N–H and O–H groups in total. The molecule has 1 aromatic heterocycles. The first-order valence-corrected chi connectivity index (χ1v) is 10.3. The maximum Gasteiger partial charge on any atom is 0.251 e. The second kappa shape index (κ2) is 7.57. The fourth-order valence-corrected chi connectivity index (χ4v) is 3.47. The van der Waals surface area contributed by atoms with E-state index >= 15 is 0 Å². The fraction of sp³-hybridized carbons (Fsp3) is 0.200. The highest BCUT2D eigenvalue weighted by Crippen LogP contribution is 2.17. The minimum Gasteiger partial charge on any atom is -0.346 e. The predicted octanol–water partition coefficient (Wildman–Crippen LogP) is 2.63. The Kier molecular flexibility index (Phi) is 5.35. The maximum atomic E-state index is 12.5. The zero-order valence-corrected chi connectivity index (χ0v) is 16.7. The summed E-state index contributed by atoms with van der Waals surface area (Å²) in [5.74, 6) is -0.219. The van der Waals surface area contributed by atoms with Crippen molar-refractivity contribution in [3.8, 4) is 5.69 Å². The van der Waals surface area contributed by atoms with Gasteiger partial charge in [0.1, 0.15) is 0 Å². The van der Waals surface area contributed by atoms with E-state index in [1.165, 1.54) is 12.1 Å². The molecule has 1 atom stereocenters. The molecule has 0 fully saturated rings. The van der Waals surface area contributed by atoms with Crippen LogP contribution in [0, 0.1) is 13.8 Å². The highest BCUT2D eigenvalue weighted by Gasteiger charge is 2.14. The van der Waals surface area contributed by atoms with Crippen LogP contribution in [-0.4, -0.2) is 24.1 Å². The van der Waals surface area contributed by atoms with Gasteiger partial charge in [0.2, 0.25) is 10.0 Å². The number of sulfonamides is 1. The number of nitrogens with zero attached hydrogens (tertiary/aromatic N) is 2. The number of aromatic nitrogens is 2. The van der Waals surface area contributed by atoms with E-state index in [9.17, 15) is 13.2 Å². The van der Waals surface area contributed by atoms with Crippen molar-refractivity contribution in [2.45, 2.75) is 31.7 Å². The number of carbonyl (C=O) groups is 1. The Morgan fingerprint density at radius 2 is 1.68 bits per heavy atom. The van der Waals surface area contributed by atoms with E-state index in [1.807, 2.05) is 43.7 Å². The number of aryl methyl sites for hydroxylation is 2. The molecule has 1 amide bonds. The van der Waals surface area contributed by atoms with Crippen molar-refractivity contribution in [2.24, 2.45) is 5.14 Å². The van der Waals surface area contributed by atoms with Gasteiger partial charge in [-0.15, -0.1) is 0 Å². The standard InChI is InChI=1S/C20H22N4O3S/c1-13-12-14(2)24(23-13)18-8-4-17(5-9-18)20(25)22-15(3)16-6-10-19(11-7-16)28(21,26)27/h4-12,15H,1-3H3,(H,22,25)(H2,21,26,27)/t15-/m1/s1. The van der Waals surface area contributed by atoms with Crippen LogP contribution in [0.4, 0.5) is 0 Å². The van der Waals surface area contributed by atoms with Crippen molar-refractivity contribution in [3.63, 3.8) is 0 Å². The highest BCUT2D eigenvalue weighted by molar-refractivity contribution is 7.89. The summed E-state index contributed by atoms with van der Waals surface area (Å²) >= 11 is 0. The first-order chi connectivity index (χ1) is 13.1. The smallest absolute Gasteiger partial charge is 0.251 e. The molecule has 7 nitrogen and oxygen atoms in total. The molecule has 0 unspecified atom stereocenters. The van der Waals surface area contributed by atoms with Crippen LogP contribution in [0.25, 0.3) is 5.69 Å². The largest absolute Gasteiger partial charge is 0.346 e. The molecule has 2 aromatic carbocycles. The van der Waals surface area contributed by atoms with E-state index < -0.39 is 10.0 Å². The number of carbonyl (C=O) groups excluding carboxylic acids is 1. The van der Waals surface area contributed by atoms with Crippen molar-refractivity contribution in [1.82, 2.24) is 15.1 Å². The zero-order valence-electron chi connectivity index (χ0n) is 15.9. The molecular formula is C20H22N4O3S. The van der Waals surface area contributed by atoms with Gasteiger partial charge >= 0.3 is 0 Å². The number of hydrogen-bond acceptors (Lipinski definition) is 4. The molecule has 0 saturated heterocycles. The van der Waals surface area contributed by atoms with Gasteiger partial charge < -0.3 is 5.32 Å². The average Bonchev–Trinajstić information content (AvgIpc) is 2.99. The van der Waals surface area contributed by atoms with E-state index in [4.69, 9.17) is 5.14 Å². The van der Waals surface area contributed by atoms with E-state index in [0.29, 0.717) is 5.56 Å². The van der Waals surface area contributed by atoms with Crippen LogP contribution < -0.4 is 10.5 Å². The van der Waals surface area contributed by atoms with Gasteiger partial charge in [0.15, 0.2) is 0 Å². The van der Waals surface area contributed by atoms with Gasteiger partial charge in [0.05, 0.1) is 22.3 Å². The summed E-state index contributed by atoms with van der Waals surface area (Å²) < 4.78 is 24.5. The summed E-state index contributed by atoms with van der Waals surface area (Å²) in [6, 6.07) is 15.0. The second-order valence-electron chi connectivity index (χ2n) is 6.69. The lowest BCUT2D eigenvalue weighted by Crippen LogP contribution is -2.26. The predicted molar refractivity (Wildman–Crippen MR) is 107 cm³/mol. The molecule has 1 heterocycles. The van der Waals surface area contributed by atoms with Gasteiger partial charge in [-0.1, -0.05) is 12.1 Å². The van der Waals surface area contributed by atoms with Gasteiger partial charge in [-0.2, -0.15) is 5.10 Å². The van der Waals surface area contributed by atoms with E-state index in [2.05, 4.69) is 10.4 Å². The fourth-order valence-electron chi connectivity index (χ4n) is 2.95. The van der Waals surface area contributed by atoms with Crippen LogP contribution in [-0.2, 0) is 10.0 Å². The van der Waals surface area contributed by atoms with Crippen LogP contribution in [0.15, 0.2) is 59.5 Å². The number of hydrogen-bond donors (Lipinski definition) is 2. The number of primary sulfonamides is 1. The summed E-state index contributed by atoms with van der Waals surface area (Å²) in [6.07, 6.45) is 0. The molecule has 0 spiro atoms. The first kappa shape index (κ1) is 19.8. The normalized spacial score (nSPS) is 12.6. The Bertz CT molecular complexity index is 1100. The third kappa shape index (κ3) is 4.29. The van der Waals surface area contributed by atoms with Gasteiger partial charge in [0.25, 0.3) is 5.91 Å². The van der Waals surface area contributed by atoms with Crippen LogP contribution in [0.5, 0.6) is 0 Å². The molecule has 8 heteroatoms. The molecule has 146 valence electrons. The van der Waals surface area contributed by atoms with Crippen molar-refractivity contribution >= 4 is 15.9 Å².